The Balaban J connectivity index is 1.87. The molecule has 0 radical (unpaired) electrons. The standard InChI is InChI=1S/C26H23N3O5/c1-17-7-8-18(2)23(13-17)28-26(30)21(15-27)14-20-5-4-6-24(33-3)25(20)34-16-19-9-11-22(12-10-19)29(31)32/h4-14H,16H2,1-3H3,(H,28,30)/b21-14-. The minimum atomic E-state index is -0.541. The number of nitro groups is 1. The van der Waals surface area contributed by atoms with E-state index in [0.717, 1.165) is 11.1 Å². The van der Waals surface area contributed by atoms with E-state index in [1.165, 1.54) is 25.3 Å². The minimum Gasteiger partial charge on any atom is -0.493 e. The van der Waals surface area contributed by atoms with Crippen LogP contribution in [0.4, 0.5) is 11.4 Å². The maximum absolute atomic E-state index is 12.8. The predicted molar refractivity (Wildman–Crippen MR) is 129 cm³/mol. The third kappa shape index (κ3) is 5.78. The number of nitriles is 1. The lowest BCUT2D eigenvalue weighted by Gasteiger charge is -2.14. The SMILES string of the molecule is COc1cccc(/C=C(/C#N)C(=O)Nc2cc(C)ccc2C)c1OCc1ccc([N+](=O)[O-])cc1. The monoisotopic (exact) mass is 457 g/mol. The van der Waals surface area contributed by atoms with Crippen molar-refractivity contribution < 1.29 is 19.2 Å². The zero-order valence-corrected chi connectivity index (χ0v) is 19.0. The number of aryl methyl sites for hydroxylation is 2. The molecule has 1 N–H and O–H groups in total. The lowest BCUT2D eigenvalue weighted by molar-refractivity contribution is -0.384. The van der Waals surface area contributed by atoms with Crippen LogP contribution in [0.3, 0.4) is 0 Å². The predicted octanol–water partition coefficient (Wildman–Crippen LogP) is 5.34. The first-order valence-corrected chi connectivity index (χ1v) is 10.4. The van der Waals surface area contributed by atoms with Crippen molar-refractivity contribution in [3.05, 3.63) is 98.6 Å². The highest BCUT2D eigenvalue weighted by atomic mass is 16.6. The molecule has 0 saturated heterocycles. The molecule has 8 nitrogen and oxygen atoms in total. The zero-order valence-electron chi connectivity index (χ0n) is 19.0. The number of ether oxygens (including phenoxy) is 2. The normalized spacial score (nSPS) is 10.8. The van der Waals surface area contributed by atoms with Gasteiger partial charge < -0.3 is 14.8 Å². The third-order valence-corrected chi connectivity index (χ3v) is 5.07. The number of hydrogen-bond acceptors (Lipinski definition) is 6. The quantitative estimate of drug-likeness (QED) is 0.211. The van der Waals surface area contributed by atoms with Crippen molar-refractivity contribution in [2.45, 2.75) is 20.5 Å². The molecule has 0 saturated carbocycles. The number of carbonyl (C=O) groups excluding carboxylic acids is 1. The van der Waals surface area contributed by atoms with E-state index in [9.17, 15) is 20.2 Å². The summed E-state index contributed by atoms with van der Waals surface area (Å²) in [7, 11) is 1.49. The van der Waals surface area contributed by atoms with Crippen molar-refractivity contribution in [2.75, 3.05) is 12.4 Å². The van der Waals surface area contributed by atoms with Crippen LogP contribution in [0, 0.1) is 35.3 Å². The summed E-state index contributed by atoms with van der Waals surface area (Å²) in [6, 6.07) is 18.7. The van der Waals surface area contributed by atoms with Gasteiger partial charge in [0.05, 0.1) is 12.0 Å². The van der Waals surface area contributed by atoms with Gasteiger partial charge in [0.1, 0.15) is 18.2 Å². The summed E-state index contributed by atoms with van der Waals surface area (Å²) >= 11 is 0. The van der Waals surface area contributed by atoms with Crippen LogP contribution < -0.4 is 14.8 Å². The van der Waals surface area contributed by atoms with Gasteiger partial charge in [0.25, 0.3) is 11.6 Å². The molecule has 3 aromatic rings. The molecule has 8 heteroatoms. The number of carbonyl (C=O) groups is 1. The van der Waals surface area contributed by atoms with E-state index in [-0.39, 0.29) is 17.9 Å². The fourth-order valence-electron chi connectivity index (χ4n) is 3.20. The molecule has 34 heavy (non-hydrogen) atoms. The summed E-state index contributed by atoms with van der Waals surface area (Å²) in [5.41, 5.74) is 3.57. The van der Waals surface area contributed by atoms with Gasteiger partial charge in [0, 0.05) is 23.4 Å². The van der Waals surface area contributed by atoms with Crippen molar-refractivity contribution in [3.8, 4) is 17.6 Å². The fraction of sp³-hybridized carbons (Fsp3) is 0.154. The molecule has 0 aliphatic heterocycles. The summed E-state index contributed by atoms with van der Waals surface area (Å²) in [5, 5.41) is 23.3. The molecule has 1 amide bonds. The van der Waals surface area contributed by atoms with Crippen molar-refractivity contribution >= 4 is 23.4 Å². The second-order valence-corrected chi connectivity index (χ2v) is 7.53. The maximum atomic E-state index is 12.8. The summed E-state index contributed by atoms with van der Waals surface area (Å²) in [6.45, 7) is 3.90. The molecule has 0 aliphatic rings. The van der Waals surface area contributed by atoms with E-state index in [2.05, 4.69) is 5.32 Å². The van der Waals surface area contributed by atoms with Crippen molar-refractivity contribution in [1.29, 1.82) is 5.26 Å². The van der Waals surface area contributed by atoms with Gasteiger partial charge in [0.2, 0.25) is 0 Å². The first-order chi connectivity index (χ1) is 16.3. The number of nitro benzene ring substituents is 1. The Hall–Kier alpha value is -4.64. The Morgan fingerprint density at radius 3 is 2.53 bits per heavy atom. The lowest BCUT2D eigenvalue weighted by Crippen LogP contribution is -2.14. The molecule has 0 aromatic heterocycles. The van der Waals surface area contributed by atoms with Gasteiger partial charge in [-0.2, -0.15) is 5.26 Å². The minimum absolute atomic E-state index is 0.0156. The molecular weight excluding hydrogens is 434 g/mol. The molecule has 0 spiro atoms. The first kappa shape index (κ1) is 24.0. The van der Waals surface area contributed by atoms with Crippen LogP contribution in [0.5, 0.6) is 11.5 Å². The van der Waals surface area contributed by atoms with Crippen LogP contribution >= 0.6 is 0 Å². The van der Waals surface area contributed by atoms with Crippen LogP contribution in [0.25, 0.3) is 6.08 Å². The molecule has 0 fully saturated rings. The Kier molecular flexibility index (Phi) is 7.62. The summed E-state index contributed by atoms with van der Waals surface area (Å²) < 4.78 is 11.3. The molecule has 0 unspecified atom stereocenters. The summed E-state index contributed by atoms with van der Waals surface area (Å²) in [5.74, 6) is 0.221. The van der Waals surface area contributed by atoms with Gasteiger partial charge >= 0.3 is 0 Å². The Labute approximate surface area is 197 Å². The first-order valence-electron chi connectivity index (χ1n) is 10.4. The number of benzene rings is 3. The van der Waals surface area contributed by atoms with Crippen molar-refractivity contribution in [1.82, 2.24) is 0 Å². The molecule has 3 rings (SSSR count). The van der Waals surface area contributed by atoms with Gasteiger partial charge in [-0.3, -0.25) is 14.9 Å². The molecule has 172 valence electrons. The number of amides is 1. The number of hydrogen-bond donors (Lipinski definition) is 1. The van der Waals surface area contributed by atoms with Crippen LogP contribution in [-0.2, 0) is 11.4 Å². The second kappa shape index (κ2) is 10.8. The Morgan fingerprint density at radius 1 is 1.15 bits per heavy atom. The average Bonchev–Trinajstić information content (AvgIpc) is 2.83. The van der Waals surface area contributed by atoms with Gasteiger partial charge in [-0.05, 0) is 60.9 Å². The van der Waals surface area contributed by atoms with E-state index in [4.69, 9.17) is 9.47 Å². The van der Waals surface area contributed by atoms with E-state index < -0.39 is 10.8 Å². The molecule has 0 bridgehead atoms. The van der Waals surface area contributed by atoms with E-state index in [1.54, 1.807) is 30.3 Å². The topological polar surface area (TPSA) is 114 Å². The molecule has 0 heterocycles. The van der Waals surface area contributed by atoms with Crippen molar-refractivity contribution in [3.63, 3.8) is 0 Å². The van der Waals surface area contributed by atoms with Gasteiger partial charge in [-0.25, -0.2) is 0 Å². The molecular formula is C26H23N3O5. The lowest BCUT2D eigenvalue weighted by atomic mass is 10.1. The number of rotatable bonds is 8. The third-order valence-electron chi connectivity index (χ3n) is 5.07. The van der Waals surface area contributed by atoms with Gasteiger partial charge in [-0.15, -0.1) is 0 Å². The van der Waals surface area contributed by atoms with Crippen molar-refractivity contribution in [2.24, 2.45) is 0 Å². The highest BCUT2D eigenvalue weighted by Crippen LogP contribution is 2.33. The number of methoxy groups -OCH3 is 1. The molecule has 0 aliphatic carbocycles. The summed E-state index contributed by atoms with van der Waals surface area (Å²) in [4.78, 5) is 23.2. The van der Waals surface area contributed by atoms with Crippen LogP contribution in [0.1, 0.15) is 22.3 Å². The van der Waals surface area contributed by atoms with Crippen LogP contribution in [0.2, 0.25) is 0 Å². The van der Waals surface area contributed by atoms with Crippen LogP contribution in [0.15, 0.2) is 66.2 Å². The Morgan fingerprint density at radius 2 is 1.88 bits per heavy atom. The smallest absolute Gasteiger partial charge is 0.269 e. The maximum Gasteiger partial charge on any atom is 0.269 e. The highest BCUT2D eigenvalue weighted by molar-refractivity contribution is 6.10. The molecule has 3 aromatic carbocycles. The second-order valence-electron chi connectivity index (χ2n) is 7.53. The highest BCUT2D eigenvalue weighted by Gasteiger charge is 2.15. The fourth-order valence-corrected chi connectivity index (χ4v) is 3.20. The number of non-ortho nitro benzene ring substituents is 1. The van der Waals surface area contributed by atoms with Gasteiger partial charge in [0.15, 0.2) is 11.5 Å². The number of nitrogens with zero attached hydrogens (tertiary/aromatic N) is 2. The Bertz CT molecular complexity index is 1290. The largest absolute Gasteiger partial charge is 0.493 e. The van der Waals surface area contributed by atoms with E-state index >= 15 is 0 Å². The zero-order chi connectivity index (χ0) is 24.7. The average molecular weight is 457 g/mol. The molecule has 0 atom stereocenters. The summed E-state index contributed by atoms with van der Waals surface area (Å²) in [6.07, 6.45) is 1.44. The number of para-hydroxylation sites is 1. The van der Waals surface area contributed by atoms with E-state index in [0.29, 0.717) is 28.3 Å². The van der Waals surface area contributed by atoms with Gasteiger partial charge in [-0.1, -0.05) is 24.3 Å². The number of nitrogens with one attached hydrogen (secondary N) is 1. The van der Waals surface area contributed by atoms with E-state index in [1.807, 2.05) is 38.1 Å². The van der Waals surface area contributed by atoms with Crippen LogP contribution in [-0.4, -0.2) is 17.9 Å². The number of anilines is 1.